The van der Waals surface area contributed by atoms with Gasteiger partial charge in [0.25, 0.3) is 0 Å². The van der Waals surface area contributed by atoms with Crippen molar-refractivity contribution in [2.45, 2.75) is 6.36 Å². The number of hydrogen-bond acceptors (Lipinski definition) is 2. The molecular formula is C17H12F3N3O. The Kier molecular flexibility index (Phi) is 3.06. The van der Waals surface area contributed by atoms with Gasteiger partial charge in [0, 0.05) is 29.7 Å². The van der Waals surface area contributed by atoms with Gasteiger partial charge in [0.15, 0.2) is 5.65 Å². The lowest BCUT2D eigenvalue weighted by Crippen LogP contribution is -2.17. The molecule has 2 aromatic carbocycles. The van der Waals surface area contributed by atoms with Crippen LogP contribution in [0.4, 0.5) is 13.2 Å². The van der Waals surface area contributed by atoms with Crippen molar-refractivity contribution in [3.05, 3.63) is 54.7 Å². The third kappa shape index (κ3) is 2.38. The summed E-state index contributed by atoms with van der Waals surface area (Å²) in [7, 11) is 1.83. The highest BCUT2D eigenvalue weighted by molar-refractivity contribution is 6.07. The molecule has 0 N–H and O–H groups in total. The van der Waals surface area contributed by atoms with Crippen LogP contribution in [0.2, 0.25) is 0 Å². The van der Waals surface area contributed by atoms with E-state index in [0.29, 0.717) is 0 Å². The molecule has 0 bridgehead atoms. The van der Waals surface area contributed by atoms with Gasteiger partial charge in [-0.15, -0.1) is 13.2 Å². The van der Waals surface area contributed by atoms with Crippen molar-refractivity contribution in [3.63, 3.8) is 0 Å². The minimum Gasteiger partial charge on any atom is -0.406 e. The number of alkyl halides is 3. The number of aryl methyl sites for hydroxylation is 1. The van der Waals surface area contributed by atoms with Crippen LogP contribution in [0.1, 0.15) is 0 Å². The molecule has 0 atom stereocenters. The third-order valence-electron chi connectivity index (χ3n) is 3.78. The number of halogens is 3. The first-order valence-corrected chi connectivity index (χ1v) is 7.21. The zero-order valence-corrected chi connectivity index (χ0v) is 12.6. The molecule has 4 nitrogen and oxygen atoms in total. The van der Waals surface area contributed by atoms with Gasteiger partial charge in [0.2, 0.25) is 0 Å². The van der Waals surface area contributed by atoms with Crippen molar-refractivity contribution in [3.8, 4) is 11.4 Å². The first kappa shape index (κ1) is 14.6. The fourth-order valence-corrected chi connectivity index (χ4v) is 2.90. The number of ether oxygens (including phenoxy) is 1. The molecule has 7 heteroatoms. The first-order chi connectivity index (χ1) is 11.4. The van der Waals surface area contributed by atoms with Gasteiger partial charge >= 0.3 is 6.36 Å². The lowest BCUT2D eigenvalue weighted by atomic mass is 10.2. The van der Waals surface area contributed by atoms with Gasteiger partial charge < -0.3 is 4.74 Å². The maximum absolute atomic E-state index is 12.3. The van der Waals surface area contributed by atoms with Crippen LogP contribution >= 0.6 is 0 Å². The second kappa shape index (κ2) is 5.02. The Bertz CT molecular complexity index is 1030. The van der Waals surface area contributed by atoms with Gasteiger partial charge in [-0.05, 0) is 30.3 Å². The minimum absolute atomic E-state index is 0.250. The molecular weight excluding hydrogens is 319 g/mol. The predicted octanol–water partition coefficient (Wildman–Crippen LogP) is 4.42. The molecule has 2 heterocycles. The molecule has 0 aliphatic rings. The van der Waals surface area contributed by atoms with E-state index < -0.39 is 6.36 Å². The molecule has 0 radical (unpaired) electrons. The van der Waals surface area contributed by atoms with Gasteiger partial charge in [-0.1, -0.05) is 18.2 Å². The van der Waals surface area contributed by atoms with Gasteiger partial charge in [0.1, 0.15) is 5.75 Å². The Labute approximate surface area is 134 Å². The van der Waals surface area contributed by atoms with Crippen LogP contribution < -0.4 is 4.74 Å². The van der Waals surface area contributed by atoms with Crippen LogP contribution in [-0.4, -0.2) is 20.7 Å². The van der Waals surface area contributed by atoms with Crippen molar-refractivity contribution in [2.75, 3.05) is 0 Å². The SMILES string of the molecule is Cn1cc2c3ccccc3n(-c3ccc(OC(F)(F)F)cc3)c2n1. The van der Waals surface area contributed by atoms with Crippen molar-refractivity contribution in [1.82, 2.24) is 14.3 Å². The third-order valence-corrected chi connectivity index (χ3v) is 3.78. The first-order valence-electron chi connectivity index (χ1n) is 7.21. The van der Waals surface area contributed by atoms with E-state index in [1.807, 2.05) is 42.1 Å². The predicted molar refractivity (Wildman–Crippen MR) is 84.2 cm³/mol. The molecule has 24 heavy (non-hydrogen) atoms. The van der Waals surface area contributed by atoms with E-state index in [2.05, 4.69) is 9.84 Å². The average molecular weight is 331 g/mol. The molecule has 4 aromatic rings. The highest BCUT2D eigenvalue weighted by atomic mass is 19.4. The number of nitrogens with zero attached hydrogens (tertiary/aromatic N) is 3. The molecule has 0 fully saturated rings. The van der Waals surface area contributed by atoms with Gasteiger partial charge in [0.05, 0.1) is 5.52 Å². The number of aromatic nitrogens is 3. The zero-order chi connectivity index (χ0) is 16.9. The summed E-state index contributed by atoms with van der Waals surface area (Å²) in [6.45, 7) is 0. The zero-order valence-electron chi connectivity index (χ0n) is 12.6. The maximum Gasteiger partial charge on any atom is 0.573 e. The molecule has 0 saturated carbocycles. The molecule has 0 spiro atoms. The summed E-state index contributed by atoms with van der Waals surface area (Å²) in [4.78, 5) is 0. The normalized spacial score (nSPS) is 12.2. The number of rotatable bonds is 2. The van der Waals surface area contributed by atoms with Crippen molar-refractivity contribution in [2.24, 2.45) is 7.05 Å². The lowest BCUT2D eigenvalue weighted by Gasteiger charge is -2.10. The number of benzene rings is 2. The molecule has 0 aliphatic carbocycles. The van der Waals surface area contributed by atoms with Crippen molar-refractivity contribution in [1.29, 1.82) is 0 Å². The second-order valence-electron chi connectivity index (χ2n) is 5.43. The number of hydrogen-bond donors (Lipinski definition) is 0. The summed E-state index contributed by atoms with van der Waals surface area (Å²) in [6.07, 6.45) is -2.77. The van der Waals surface area contributed by atoms with Crippen LogP contribution in [0.15, 0.2) is 54.7 Å². The minimum atomic E-state index is -4.70. The quantitative estimate of drug-likeness (QED) is 0.545. The van der Waals surface area contributed by atoms with E-state index in [1.165, 1.54) is 12.1 Å². The average Bonchev–Trinajstić information content (AvgIpc) is 3.02. The summed E-state index contributed by atoms with van der Waals surface area (Å²) in [6, 6.07) is 13.6. The molecule has 0 saturated heterocycles. The van der Waals surface area contributed by atoms with Gasteiger partial charge in [-0.3, -0.25) is 9.25 Å². The largest absolute Gasteiger partial charge is 0.573 e. The molecule has 0 amide bonds. The van der Waals surface area contributed by atoms with Crippen LogP contribution in [-0.2, 0) is 7.05 Å². The van der Waals surface area contributed by atoms with E-state index in [9.17, 15) is 13.2 Å². The standard InChI is InChI=1S/C17H12F3N3O/c1-22-10-14-13-4-2-3-5-15(13)23(16(14)21-22)11-6-8-12(9-7-11)24-17(18,19)20/h2-10H,1H3. The summed E-state index contributed by atoms with van der Waals surface area (Å²) < 4.78 is 44.4. The number of para-hydroxylation sites is 1. The Balaban J connectivity index is 1.88. The van der Waals surface area contributed by atoms with Crippen molar-refractivity contribution < 1.29 is 17.9 Å². The van der Waals surface area contributed by atoms with Gasteiger partial charge in [-0.25, -0.2) is 0 Å². The fourth-order valence-electron chi connectivity index (χ4n) is 2.90. The summed E-state index contributed by atoms with van der Waals surface area (Å²) in [5.74, 6) is -0.250. The Hall–Kier alpha value is -2.96. The van der Waals surface area contributed by atoms with Gasteiger partial charge in [-0.2, -0.15) is 5.10 Å². The topological polar surface area (TPSA) is 32.0 Å². The molecule has 122 valence electrons. The molecule has 0 aliphatic heterocycles. The maximum atomic E-state index is 12.3. The molecule has 4 rings (SSSR count). The Morgan fingerprint density at radius 2 is 1.67 bits per heavy atom. The van der Waals surface area contributed by atoms with E-state index in [4.69, 9.17) is 0 Å². The monoisotopic (exact) mass is 331 g/mol. The smallest absolute Gasteiger partial charge is 0.406 e. The summed E-state index contributed by atoms with van der Waals surface area (Å²) in [5.41, 5.74) is 2.41. The van der Waals surface area contributed by atoms with Crippen LogP contribution in [0.5, 0.6) is 5.75 Å². The van der Waals surface area contributed by atoms with E-state index in [1.54, 1.807) is 16.8 Å². The van der Waals surface area contributed by atoms with Crippen molar-refractivity contribution >= 4 is 21.9 Å². The molecule has 0 unspecified atom stereocenters. The van der Waals surface area contributed by atoms with Crippen LogP contribution in [0.3, 0.4) is 0 Å². The van der Waals surface area contributed by atoms with E-state index in [-0.39, 0.29) is 5.75 Å². The highest BCUT2D eigenvalue weighted by Gasteiger charge is 2.31. The van der Waals surface area contributed by atoms with E-state index >= 15 is 0 Å². The van der Waals surface area contributed by atoms with Crippen LogP contribution in [0.25, 0.3) is 27.6 Å². The summed E-state index contributed by atoms with van der Waals surface area (Å²) in [5, 5.41) is 6.50. The fraction of sp³-hybridized carbons (Fsp3) is 0.118. The van der Waals surface area contributed by atoms with Crippen LogP contribution in [0, 0.1) is 0 Å². The highest BCUT2D eigenvalue weighted by Crippen LogP contribution is 2.32. The lowest BCUT2D eigenvalue weighted by molar-refractivity contribution is -0.274. The Morgan fingerprint density at radius 1 is 0.958 bits per heavy atom. The second-order valence-corrected chi connectivity index (χ2v) is 5.43. The number of fused-ring (bicyclic) bond motifs is 3. The Morgan fingerprint density at radius 3 is 2.38 bits per heavy atom. The summed E-state index contributed by atoms with van der Waals surface area (Å²) >= 11 is 0. The molecule has 2 aromatic heterocycles. The van der Waals surface area contributed by atoms with E-state index in [0.717, 1.165) is 27.6 Å².